The van der Waals surface area contributed by atoms with Crippen LogP contribution < -0.4 is 10.9 Å². The SMILES string of the molecule is CCCc1cc(C(=O)NNC(=O)c2cnccn2)sc1C. The number of hydrogen-bond donors (Lipinski definition) is 2. The number of hydrazine groups is 1. The van der Waals surface area contributed by atoms with E-state index >= 15 is 0 Å². The van der Waals surface area contributed by atoms with Gasteiger partial charge in [-0.15, -0.1) is 11.3 Å². The third-order valence-corrected chi connectivity index (χ3v) is 3.94. The molecule has 0 aliphatic heterocycles. The first-order valence-electron chi connectivity index (χ1n) is 6.57. The third kappa shape index (κ3) is 3.85. The second-order valence-electron chi connectivity index (χ2n) is 4.44. The van der Waals surface area contributed by atoms with Crippen molar-refractivity contribution in [3.8, 4) is 0 Å². The van der Waals surface area contributed by atoms with Crippen molar-refractivity contribution in [2.24, 2.45) is 0 Å². The van der Waals surface area contributed by atoms with Crippen LogP contribution in [0.2, 0.25) is 0 Å². The molecule has 0 fully saturated rings. The largest absolute Gasteiger partial charge is 0.289 e. The summed E-state index contributed by atoms with van der Waals surface area (Å²) in [5, 5.41) is 0. The van der Waals surface area contributed by atoms with Gasteiger partial charge < -0.3 is 0 Å². The summed E-state index contributed by atoms with van der Waals surface area (Å²) >= 11 is 1.42. The van der Waals surface area contributed by atoms with Crippen LogP contribution in [-0.4, -0.2) is 21.8 Å². The van der Waals surface area contributed by atoms with E-state index in [0.717, 1.165) is 17.7 Å². The molecule has 0 aliphatic rings. The molecule has 0 aliphatic carbocycles. The molecular weight excluding hydrogens is 288 g/mol. The first-order chi connectivity index (χ1) is 10.1. The summed E-state index contributed by atoms with van der Waals surface area (Å²) in [6.07, 6.45) is 6.19. The molecule has 110 valence electrons. The lowest BCUT2D eigenvalue weighted by Gasteiger charge is -2.04. The Morgan fingerprint density at radius 1 is 1.24 bits per heavy atom. The maximum Gasteiger partial charge on any atom is 0.289 e. The number of nitrogens with zero attached hydrogens (tertiary/aromatic N) is 2. The average molecular weight is 304 g/mol. The zero-order valence-corrected chi connectivity index (χ0v) is 12.7. The number of amides is 2. The molecule has 21 heavy (non-hydrogen) atoms. The Kier molecular flexibility index (Phi) is 4.99. The summed E-state index contributed by atoms with van der Waals surface area (Å²) < 4.78 is 0. The Bertz CT molecular complexity index is 640. The topological polar surface area (TPSA) is 84.0 Å². The minimum Gasteiger partial charge on any atom is -0.266 e. The number of aromatic nitrogens is 2. The summed E-state index contributed by atoms with van der Waals surface area (Å²) in [4.78, 5) is 33.1. The Morgan fingerprint density at radius 3 is 2.67 bits per heavy atom. The Balaban J connectivity index is 1.96. The van der Waals surface area contributed by atoms with Gasteiger partial charge in [0.25, 0.3) is 11.8 Å². The summed E-state index contributed by atoms with van der Waals surface area (Å²) in [5.41, 5.74) is 6.03. The fourth-order valence-corrected chi connectivity index (χ4v) is 2.77. The maximum absolute atomic E-state index is 12.0. The summed E-state index contributed by atoms with van der Waals surface area (Å²) in [7, 11) is 0. The molecule has 2 rings (SSSR count). The average Bonchev–Trinajstić information content (AvgIpc) is 2.87. The van der Waals surface area contributed by atoms with Gasteiger partial charge in [0.1, 0.15) is 5.69 Å². The molecule has 0 radical (unpaired) electrons. The summed E-state index contributed by atoms with van der Waals surface area (Å²) in [6.45, 7) is 4.09. The van der Waals surface area contributed by atoms with Crippen molar-refractivity contribution in [3.63, 3.8) is 0 Å². The monoisotopic (exact) mass is 304 g/mol. The van der Waals surface area contributed by atoms with Gasteiger partial charge in [-0.1, -0.05) is 13.3 Å². The molecule has 2 aromatic rings. The van der Waals surface area contributed by atoms with Crippen LogP contribution >= 0.6 is 11.3 Å². The highest BCUT2D eigenvalue weighted by Gasteiger charge is 2.13. The molecule has 2 amide bonds. The zero-order valence-electron chi connectivity index (χ0n) is 11.8. The molecule has 0 spiro atoms. The number of aryl methyl sites for hydroxylation is 2. The zero-order chi connectivity index (χ0) is 15.2. The molecule has 2 heterocycles. The van der Waals surface area contributed by atoms with Gasteiger partial charge in [0.2, 0.25) is 0 Å². The predicted molar refractivity (Wildman–Crippen MR) is 80.0 cm³/mol. The Morgan fingerprint density at radius 2 is 2.00 bits per heavy atom. The Labute approximate surface area is 126 Å². The molecule has 0 saturated carbocycles. The number of nitrogens with one attached hydrogen (secondary N) is 2. The van der Waals surface area contributed by atoms with E-state index in [0.29, 0.717) is 4.88 Å². The highest BCUT2D eigenvalue weighted by molar-refractivity contribution is 7.14. The first-order valence-corrected chi connectivity index (χ1v) is 7.39. The van der Waals surface area contributed by atoms with Crippen LogP contribution in [0.15, 0.2) is 24.7 Å². The van der Waals surface area contributed by atoms with Gasteiger partial charge >= 0.3 is 0 Å². The number of hydrogen-bond acceptors (Lipinski definition) is 5. The quantitative estimate of drug-likeness (QED) is 0.845. The second kappa shape index (κ2) is 6.94. The van der Waals surface area contributed by atoms with Gasteiger partial charge in [-0.05, 0) is 25.0 Å². The normalized spacial score (nSPS) is 10.2. The number of thiophene rings is 1. The standard InChI is InChI=1S/C14H16N4O2S/c1-3-4-10-7-12(21-9(10)2)14(20)18-17-13(19)11-8-15-5-6-16-11/h5-8H,3-4H2,1-2H3,(H,17,19)(H,18,20). The van der Waals surface area contributed by atoms with E-state index in [1.54, 1.807) is 0 Å². The number of carbonyl (C=O) groups is 2. The highest BCUT2D eigenvalue weighted by atomic mass is 32.1. The smallest absolute Gasteiger partial charge is 0.266 e. The van der Waals surface area contributed by atoms with Crippen molar-refractivity contribution in [3.05, 3.63) is 45.7 Å². The van der Waals surface area contributed by atoms with Gasteiger partial charge in [-0.2, -0.15) is 0 Å². The van der Waals surface area contributed by atoms with Crippen LogP contribution in [0, 0.1) is 6.92 Å². The van der Waals surface area contributed by atoms with Crippen molar-refractivity contribution < 1.29 is 9.59 Å². The van der Waals surface area contributed by atoms with Crippen LogP contribution in [0.1, 0.15) is 43.9 Å². The van der Waals surface area contributed by atoms with Crippen LogP contribution in [0.4, 0.5) is 0 Å². The first kappa shape index (κ1) is 15.1. The van der Waals surface area contributed by atoms with Gasteiger partial charge in [0.15, 0.2) is 0 Å². The number of carbonyl (C=O) groups excluding carboxylic acids is 2. The van der Waals surface area contributed by atoms with E-state index in [1.807, 2.05) is 13.0 Å². The third-order valence-electron chi connectivity index (χ3n) is 2.85. The van der Waals surface area contributed by atoms with Crippen molar-refractivity contribution in [1.82, 2.24) is 20.8 Å². The lowest BCUT2D eigenvalue weighted by Crippen LogP contribution is -2.41. The van der Waals surface area contributed by atoms with Crippen LogP contribution in [0.25, 0.3) is 0 Å². The van der Waals surface area contributed by atoms with E-state index < -0.39 is 5.91 Å². The molecule has 2 N–H and O–H groups in total. The van der Waals surface area contributed by atoms with E-state index in [-0.39, 0.29) is 11.6 Å². The van der Waals surface area contributed by atoms with Gasteiger partial charge in [0, 0.05) is 17.3 Å². The fourth-order valence-electron chi connectivity index (χ4n) is 1.80. The van der Waals surface area contributed by atoms with Crippen LogP contribution in [-0.2, 0) is 6.42 Å². The molecule has 0 atom stereocenters. The van der Waals surface area contributed by atoms with E-state index in [9.17, 15) is 9.59 Å². The van der Waals surface area contributed by atoms with Crippen LogP contribution in [0.5, 0.6) is 0 Å². The van der Waals surface area contributed by atoms with Crippen LogP contribution in [0.3, 0.4) is 0 Å². The summed E-state index contributed by atoms with van der Waals surface area (Å²) in [6, 6.07) is 1.87. The van der Waals surface area contributed by atoms with Gasteiger partial charge in [-0.25, -0.2) is 4.98 Å². The van der Waals surface area contributed by atoms with Crippen molar-refractivity contribution >= 4 is 23.2 Å². The maximum atomic E-state index is 12.0. The summed E-state index contributed by atoms with van der Waals surface area (Å²) in [5.74, 6) is -0.832. The van der Waals surface area contributed by atoms with E-state index in [4.69, 9.17) is 0 Å². The molecular formula is C14H16N4O2S. The molecule has 0 unspecified atom stereocenters. The van der Waals surface area contributed by atoms with Crippen molar-refractivity contribution in [2.75, 3.05) is 0 Å². The lowest BCUT2D eigenvalue weighted by molar-refractivity contribution is 0.0846. The number of rotatable bonds is 4. The molecule has 2 aromatic heterocycles. The predicted octanol–water partition coefficient (Wildman–Crippen LogP) is 1.87. The molecule has 0 aromatic carbocycles. The lowest BCUT2D eigenvalue weighted by atomic mass is 10.1. The molecule has 7 heteroatoms. The minimum atomic E-state index is -0.501. The molecule has 6 nitrogen and oxygen atoms in total. The molecule has 0 bridgehead atoms. The highest BCUT2D eigenvalue weighted by Crippen LogP contribution is 2.22. The Hall–Kier alpha value is -2.28. The second-order valence-corrected chi connectivity index (χ2v) is 5.70. The fraction of sp³-hybridized carbons (Fsp3) is 0.286. The van der Waals surface area contributed by atoms with Gasteiger partial charge in [0.05, 0.1) is 11.1 Å². The van der Waals surface area contributed by atoms with E-state index in [1.165, 1.54) is 35.5 Å². The van der Waals surface area contributed by atoms with Crippen molar-refractivity contribution in [1.29, 1.82) is 0 Å². The van der Waals surface area contributed by atoms with E-state index in [2.05, 4.69) is 27.7 Å². The minimum absolute atomic E-state index is 0.145. The van der Waals surface area contributed by atoms with Crippen molar-refractivity contribution in [2.45, 2.75) is 26.7 Å². The molecule has 0 saturated heterocycles. The van der Waals surface area contributed by atoms with Gasteiger partial charge in [-0.3, -0.25) is 25.4 Å².